The molecule has 0 heterocycles. The number of hydrogen-bond donors (Lipinski definition) is 1. The van der Waals surface area contributed by atoms with Gasteiger partial charge >= 0.3 is 12.6 Å². The molecule has 0 bridgehead atoms. The molecule has 156 valence electrons. The summed E-state index contributed by atoms with van der Waals surface area (Å²) in [4.78, 5) is 27.4. The number of rotatable bonds is 9. The number of nitrogens with zero attached hydrogens (tertiary/aromatic N) is 2. The molecular weight excluding hydrogens is 380 g/mol. The first-order valence-corrected chi connectivity index (χ1v) is 9.15. The fraction of sp³-hybridized carbons (Fsp3) is 0.333. The largest absolute Gasteiger partial charge is 0.435 e. The topological polar surface area (TPSA) is 61.9 Å². The average Bonchev–Trinajstić information content (AvgIpc) is 2.68. The highest BCUT2D eigenvalue weighted by atomic mass is 19.3. The van der Waals surface area contributed by atoms with Crippen LogP contribution in [0.2, 0.25) is 0 Å². The van der Waals surface area contributed by atoms with Crippen LogP contribution in [0.3, 0.4) is 0 Å². The molecule has 2 aromatic rings. The van der Waals surface area contributed by atoms with Crippen LogP contribution in [0.4, 0.5) is 13.6 Å². The Hall–Kier alpha value is -3.16. The number of halogens is 2. The minimum absolute atomic E-state index is 0.0482. The van der Waals surface area contributed by atoms with Crippen LogP contribution in [0.5, 0.6) is 5.75 Å². The highest BCUT2D eigenvalue weighted by Crippen LogP contribution is 2.17. The molecule has 0 spiro atoms. The highest BCUT2D eigenvalue weighted by molar-refractivity contribution is 5.78. The number of carbonyl (C=O) groups excluding carboxylic acids is 2. The van der Waals surface area contributed by atoms with Crippen molar-refractivity contribution in [2.45, 2.75) is 26.1 Å². The van der Waals surface area contributed by atoms with Gasteiger partial charge < -0.3 is 19.9 Å². The van der Waals surface area contributed by atoms with Gasteiger partial charge in [0.2, 0.25) is 5.91 Å². The van der Waals surface area contributed by atoms with E-state index in [9.17, 15) is 18.4 Å². The minimum Gasteiger partial charge on any atom is -0.435 e. The molecule has 0 radical (unpaired) electrons. The Morgan fingerprint density at radius 2 is 1.62 bits per heavy atom. The van der Waals surface area contributed by atoms with Crippen molar-refractivity contribution in [2.24, 2.45) is 0 Å². The predicted molar refractivity (Wildman–Crippen MR) is 105 cm³/mol. The molecule has 2 aromatic carbocycles. The van der Waals surface area contributed by atoms with Crippen molar-refractivity contribution in [3.8, 4) is 5.75 Å². The Kier molecular flexibility index (Phi) is 8.39. The number of amides is 3. The molecule has 29 heavy (non-hydrogen) atoms. The molecule has 0 fully saturated rings. The van der Waals surface area contributed by atoms with Crippen molar-refractivity contribution in [2.75, 3.05) is 20.6 Å². The maximum absolute atomic E-state index is 12.3. The zero-order chi connectivity index (χ0) is 21.2. The third kappa shape index (κ3) is 7.77. The molecule has 0 aromatic heterocycles. The van der Waals surface area contributed by atoms with E-state index in [0.717, 1.165) is 5.56 Å². The molecule has 0 saturated heterocycles. The van der Waals surface area contributed by atoms with E-state index in [1.54, 1.807) is 26.2 Å². The summed E-state index contributed by atoms with van der Waals surface area (Å²) in [5, 5.41) is 2.72. The van der Waals surface area contributed by atoms with Crippen LogP contribution in [0, 0.1) is 0 Å². The molecule has 0 aliphatic heterocycles. The number of carbonyl (C=O) groups is 2. The summed E-state index contributed by atoms with van der Waals surface area (Å²) < 4.78 is 29.0. The first-order chi connectivity index (χ1) is 13.8. The van der Waals surface area contributed by atoms with Crippen molar-refractivity contribution >= 4 is 11.9 Å². The van der Waals surface area contributed by atoms with Crippen LogP contribution in [-0.2, 0) is 17.9 Å². The maximum Gasteiger partial charge on any atom is 0.387 e. The lowest BCUT2D eigenvalue weighted by Crippen LogP contribution is -2.39. The molecule has 2 rings (SSSR count). The fourth-order valence-electron chi connectivity index (χ4n) is 2.71. The van der Waals surface area contributed by atoms with E-state index in [4.69, 9.17) is 0 Å². The minimum atomic E-state index is -2.90. The van der Waals surface area contributed by atoms with Crippen LogP contribution in [0.15, 0.2) is 54.6 Å². The quantitative estimate of drug-likeness (QED) is 0.695. The van der Waals surface area contributed by atoms with Crippen molar-refractivity contribution in [3.05, 3.63) is 65.7 Å². The highest BCUT2D eigenvalue weighted by Gasteiger charge is 2.13. The van der Waals surface area contributed by atoms with Gasteiger partial charge in [0, 0.05) is 40.2 Å². The second-order valence-corrected chi connectivity index (χ2v) is 6.60. The Labute approximate surface area is 169 Å². The third-order valence-electron chi connectivity index (χ3n) is 4.19. The van der Waals surface area contributed by atoms with E-state index in [-0.39, 0.29) is 37.2 Å². The molecule has 0 aliphatic rings. The summed E-state index contributed by atoms with van der Waals surface area (Å²) >= 11 is 0. The molecule has 8 heteroatoms. The van der Waals surface area contributed by atoms with Gasteiger partial charge in [0.05, 0.1) is 0 Å². The van der Waals surface area contributed by atoms with Gasteiger partial charge in [-0.15, -0.1) is 0 Å². The Balaban J connectivity index is 1.74. The first kappa shape index (κ1) is 22.1. The summed E-state index contributed by atoms with van der Waals surface area (Å²) in [6.45, 7) is -1.97. The van der Waals surface area contributed by atoms with Crippen molar-refractivity contribution in [1.82, 2.24) is 15.1 Å². The van der Waals surface area contributed by atoms with Crippen molar-refractivity contribution in [3.63, 3.8) is 0 Å². The first-order valence-electron chi connectivity index (χ1n) is 9.15. The monoisotopic (exact) mass is 405 g/mol. The van der Waals surface area contributed by atoms with E-state index in [1.807, 2.05) is 30.3 Å². The van der Waals surface area contributed by atoms with Crippen LogP contribution >= 0.6 is 0 Å². The summed E-state index contributed by atoms with van der Waals surface area (Å²) in [5.74, 6) is -0.122. The molecular formula is C21H25F2N3O3. The second-order valence-electron chi connectivity index (χ2n) is 6.60. The van der Waals surface area contributed by atoms with Gasteiger partial charge in [-0.3, -0.25) is 4.79 Å². The lowest BCUT2D eigenvalue weighted by molar-refractivity contribution is -0.130. The zero-order valence-electron chi connectivity index (χ0n) is 16.5. The van der Waals surface area contributed by atoms with Crippen molar-refractivity contribution in [1.29, 1.82) is 0 Å². The summed E-state index contributed by atoms with van der Waals surface area (Å²) in [5.41, 5.74) is 1.68. The Morgan fingerprint density at radius 3 is 2.31 bits per heavy atom. The molecule has 1 N–H and O–H groups in total. The molecule has 3 amide bonds. The molecule has 0 saturated carbocycles. The van der Waals surface area contributed by atoms with Gasteiger partial charge in [-0.2, -0.15) is 8.78 Å². The zero-order valence-corrected chi connectivity index (χ0v) is 16.5. The molecule has 0 atom stereocenters. The van der Waals surface area contributed by atoms with E-state index < -0.39 is 6.61 Å². The molecule has 0 unspecified atom stereocenters. The summed E-state index contributed by atoms with van der Waals surface area (Å²) in [7, 11) is 3.30. The number of urea groups is 1. The van der Waals surface area contributed by atoms with Gasteiger partial charge in [-0.25, -0.2) is 4.79 Å². The Morgan fingerprint density at radius 1 is 0.966 bits per heavy atom. The van der Waals surface area contributed by atoms with Crippen LogP contribution in [0.1, 0.15) is 17.5 Å². The molecule has 0 aliphatic carbocycles. The van der Waals surface area contributed by atoms with E-state index >= 15 is 0 Å². The predicted octanol–water partition coefficient (Wildman–Crippen LogP) is 3.48. The second kappa shape index (κ2) is 11.0. The fourth-order valence-corrected chi connectivity index (χ4v) is 2.71. The van der Waals surface area contributed by atoms with Crippen molar-refractivity contribution < 1.29 is 23.1 Å². The van der Waals surface area contributed by atoms with E-state index in [1.165, 1.54) is 21.9 Å². The van der Waals surface area contributed by atoms with E-state index in [0.29, 0.717) is 12.1 Å². The Bertz CT molecular complexity index is 803. The number of ether oxygens (including phenoxy) is 1. The summed E-state index contributed by atoms with van der Waals surface area (Å²) in [6, 6.07) is 15.5. The number of hydrogen-bond acceptors (Lipinski definition) is 3. The summed E-state index contributed by atoms with van der Waals surface area (Å²) in [6.07, 6.45) is 0.134. The van der Waals surface area contributed by atoms with Gasteiger partial charge in [0.15, 0.2) is 0 Å². The molecule has 6 nitrogen and oxygen atoms in total. The number of alkyl halides is 2. The normalized spacial score (nSPS) is 10.5. The van der Waals surface area contributed by atoms with Crippen LogP contribution < -0.4 is 10.1 Å². The number of benzene rings is 2. The SMILES string of the molecule is CN(Cc1cccc(OC(F)F)c1)C(=O)CCNC(=O)N(C)Cc1ccccc1. The van der Waals surface area contributed by atoms with Gasteiger partial charge in [-0.05, 0) is 23.3 Å². The lowest BCUT2D eigenvalue weighted by Gasteiger charge is -2.20. The average molecular weight is 405 g/mol. The third-order valence-corrected chi connectivity index (χ3v) is 4.19. The van der Waals surface area contributed by atoms with Gasteiger partial charge in [0.1, 0.15) is 5.75 Å². The van der Waals surface area contributed by atoms with Gasteiger partial charge in [0.25, 0.3) is 0 Å². The number of nitrogens with one attached hydrogen (secondary N) is 1. The van der Waals surface area contributed by atoms with E-state index in [2.05, 4.69) is 10.1 Å². The maximum atomic E-state index is 12.3. The van der Waals surface area contributed by atoms with Crippen LogP contribution in [0.25, 0.3) is 0 Å². The lowest BCUT2D eigenvalue weighted by atomic mass is 10.2. The van der Waals surface area contributed by atoms with Crippen LogP contribution in [-0.4, -0.2) is 49.0 Å². The smallest absolute Gasteiger partial charge is 0.387 e. The van der Waals surface area contributed by atoms with Gasteiger partial charge in [-0.1, -0.05) is 42.5 Å². The standard InChI is InChI=1S/C21H25F2N3O3/c1-25(15-17-9-6-10-18(13-17)29-20(22)23)19(27)11-12-24-21(28)26(2)14-16-7-4-3-5-8-16/h3-10,13,20H,11-12,14-15H2,1-2H3,(H,24,28).